The average Bonchev–Trinajstić information content (AvgIpc) is 3.35. The molecule has 1 aliphatic carbocycles. The molecule has 0 spiro atoms. The molecule has 0 saturated heterocycles. The van der Waals surface area contributed by atoms with Crippen LogP contribution >= 0.6 is 0 Å². The minimum absolute atomic E-state index is 0.125. The van der Waals surface area contributed by atoms with E-state index in [1.165, 1.54) is 12.1 Å². The van der Waals surface area contributed by atoms with Crippen LogP contribution in [0.3, 0.4) is 0 Å². The molecule has 1 N–H and O–H groups in total. The molecule has 138 valence electrons. The van der Waals surface area contributed by atoms with Crippen molar-refractivity contribution in [2.75, 3.05) is 20.3 Å². The Bertz CT molecular complexity index is 814. The lowest BCUT2D eigenvalue weighted by atomic mass is 9.94. The van der Waals surface area contributed by atoms with Crippen LogP contribution < -0.4 is 4.74 Å². The minimum Gasteiger partial charge on any atom is -0.489 e. The van der Waals surface area contributed by atoms with Crippen LogP contribution in [0.25, 0.3) is 0 Å². The van der Waals surface area contributed by atoms with Crippen molar-refractivity contribution < 1.29 is 23.8 Å². The maximum absolute atomic E-state index is 13.6. The molecule has 2 aromatic rings. The van der Waals surface area contributed by atoms with Crippen molar-refractivity contribution in [1.29, 1.82) is 0 Å². The van der Waals surface area contributed by atoms with Gasteiger partial charge in [-0.2, -0.15) is 0 Å². The van der Waals surface area contributed by atoms with Gasteiger partial charge in [-0.3, -0.25) is 4.79 Å². The summed E-state index contributed by atoms with van der Waals surface area (Å²) in [7, 11) is 1.61. The normalized spacial score (nSPS) is 21.4. The predicted octanol–water partition coefficient (Wildman–Crippen LogP) is 2.53. The molecule has 1 fully saturated rings. The molecule has 1 aliphatic rings. The first-order chi connectivity index (χ1) is 12.5. The lowest BCUT2D eigenvalue weighted by Crippen LogP contribution is -2.24. The van der Waals surface area contributed by atoms with Crippen LogP contribution in [0, 0.1) is 18.7 Å². The standard InChI is InChI=1S/C19H21FN2O4/c1-12-21-10-17(16(22-12)6-7-25-2)26-11-19(9-15(19)18(23)24)13-4-3-5-14(20)8-13/h3-5,8,10,15H,6-7,9,11H2,1-2H3,(H,23,24)/t15?,19-/m1/s1. The third-order valence-electron chi connectivity index (χ3n) is 4.75. The Morgan fingerprint density at radius 3 is 2.92 bits per heavy atom. The van der Waals surface area contributed by atoms with Gasteiger partial charge in [-0.15, -0.1) is 0 Å². The number of carboxylic acids is 1. The zero-order valence-corrected chi connectivity index (χ0v) is 14.7. The van der Waals surface area contributed by atoms with E-state index in [1.54, 1.807) is 32.4 Å². The van der Waals surface area contributed by atoms with Crippen LogP contribution in [0.4, 0.5) is 4.39 Å². The Morgan fingerprint density at radius 1 is 1.46 bits per heavy atom. The molecule has 3 rings (SSSR count). The van der Waals surface area contributed by atoms with Gasteiger partial charge in [0, 0.05) is 18.9 Å². The fourth-order valence-electron chi connectivity index (χ4n) is 3.20. The molecule has 0 bridgehead atoms. The smallest absolute Gasteiger partial charge is 0.307 e. The SMILES string of the molecule is COCCc1nc(C)ncc1OC[C@@]1(c2cccc(F)c2)CC1C(=O)O. The van der Waals surface area contributed by atoms with Crippen molar-refractivity contribution in [3.05, 3.63) is 53.4 Å². The van der Waals surface area contributed by atoms with Gasteiger partial charge in [-0.05, 0) is 31.0 Å². The van der Waals surface area contributed by atoms with Gasteiger partial charge >= 0.3 is 5.97 Å². The Balaban J connectivity index is 1.83. The Hall–Kier alpha value is -2.54. The number of aliphatic carboxylic acids is 1. The first-order valence-corrected chi connectivity index (χ1v) is 8.39. The zero-order valence-electron chi connectivity index (χ0n) is 14.7. The number of carbonyl (C=O) groups is 1. The molecule has 6 nitrogen and oxygen atoms in total. The number of methoxy groups -OCH3 is 1. The summed E-state index contributed by atoms with van der Waals surface area (Å²) in [4.78, 5) is 20.0. The van der Waals surface area contributed by atoms with Crippen LogP contribution in [-0.2, 0) is 21.4 Å². The Labute approximate surface area is 151 Å². The molecule has 2 atom stereocenters. The largest absolute Gasteiger partial charge is 0.489 e. The quantitative estimate of drug-likeness (QED) is 0.779. The molecular weight excluding hydrogens is 339 g/mol. The molecule has 0 radical (unpaired) electrons. The van der Waals surface area contributed by atoms with Gasteiger partial charge in [-0.1, -0.05) is 12.1 Å². The second-order valence-electron chi connectivity index (χ2n) is 6.52. The summed E-state index contributed by atoms with van der Waals surface area (Å²) in [5, 5.41) is 9.43. The molecule has 26 heavy (non-hydrogen) atoms. The first-order valence-electron chi connectivity index (χ1n) is 8.39. The van der Waals surface area contributed by atoms with E-state index in [1.807, 2.05) is 0 Å². The Kier molecular flexibility index (Phi) is 5.18. The summed E-state index contributed by atoms with van der Waals surface area (Å²) in [6.45, 7) is 2.40. The summed E-state index contributed by atoms with van der Waals surface area (Å²) in [6.07, 6.45) is 2.56. The molecule has 1 aromatic carbocycles. The predicted molar refractivity (Wildman–Crippen MR) is 91.7 cm³/mol. The number of hydrogen-bond donors (Lipinski definition) is 1. The van der Waals surface area contributed by atoms with Crippen molar-refractivity contribution in [3.63, 3.8) is 0 Å². The third kappa shape index (κ3) is 3.67. The monoisotopic (exact) mass is 360 g/mol. The van der Waals surface area contributed by atoms with Crippen molar-refractivity contribution >= 4 is 5.97 Å². The molecular formula is C19H21FN2O4. The summed E-state index contributed by atoms with van der Waals surface area (Å²) in [5.41, 5.74) is 0.606. The Morgan fingerprint density at radius 2 is 2.27 bits per heavy atom. The maximum Gasteiger partial charge on any atom is 0.307 e. The molecule has 1 saturated carbocycles. The van der Waals surface area contributed by atoms with Gasteiger partial charge in [0.15, 0.2) is 5.75 Å². The van der Waals surface area contributed by atoms with Crippen LogP contribution in [0.15, 0.2) is 30.5 Å². The number of benzene rings is 1. The minimum atomic E-state index is -0.905. The summed E-state index contributed by atoms with van der Waals surface area (Å²) < 4.78 is 24.7. The zero-order chi connectivity index (χ0) is 18.7. The molecule has 0 aliphatic heterocycles. The third-order valence-corrected chi connectivity index (χ3v) is 4.75. The van der Waals surface area contributed by atoms with E-state index in [4.69, 9.17) is 9.47 Å². The molecule has 0 amide bonds. The van der Waals surface area contributed by atoms with Crippen molar-refractivity contribution in [2.45, 2.75) is 25.2 Å². The van der Waals surface area contributed by atoms with Crippen molar-refractivity contribution in [3.8, 4) is 5.75 Å². The van der Waals surface area contributed by atoms with Crippen LogP contribution in [0.1, 0.15) is 23.5 Å². The molecule has 1 heterocycles. The second-order valence-corrected chi connectivity index (χ2v) is 6.52. The highest BCUT2D eigenvalue weighted by Crippen LogP contribution is 2.54. The topological polar surface area (TPSA) is 81.5 Å². The average molecular weight is 360 g/mol. The summed E-state index contributed by atoms with van der Waals surface area (Å²) in [5.74, 6) is -0.773. The van der Waals surface area contributed by atoms with Gasteiger partial charge < -0.3 is 14.6 Å². The highest BCUT2D eigenvalue weighted by molar-refractivity contribution is 5.77. The summed E-state index contributed by atoms with van der Waals surface area (Å²) in [6, 6.07) is 6.05. The fraction of sp³-hybridized carbons (Fsp3) is 0.421. The lowest BCUT2D eigenvalue weighted by molar-refractivity contribution is -0.139. The van der Waals surface area contributed by atoms with E-state index >= 15 is 0 Å². The number of carboxylic acid groups (broad SMARTS) is 1. The number of nitrogens with zero attached hydrogens (tertiary/aromatic N) is 2. The highest BCUT2D eigenvalue weighted by atomic mass is 19.1. The number of hydrogen-bond acceptors (Lipinski definition) is 5. The second kappa shape index (κ2) is 7.37. The van der Waals surface area contributed by atoms with Gasteiger partial charge in [0.05, 0.1) is 31.0 Å². The van der Waals surface area contributed by atoms with Crippen LogP contribution in [0.5, 0.6) is 5.75 Å². The van der Waals surface area contributed by atoms with E-state index in [0.717, 1.165) is 0 Å². The molecule has 1 aromatic heterocycles. The van der Waals surface area contributed by atoms with E-state index in [2.05, 4.69) is 9.97 Å². The number of rotatable bonds is 8. The maximum atomic E-state index is 13.6. The van der Waals surface area contributed by atoms with Crippen LogP contribution in [0.2, 0.25) is 0 Å². The fourth-order valence-corrected chi connectivity index (χ4v) is 3.20. The highest BCUT2D eigenvalue weighted by Gasteiger charge is 2.60. The summed E-state index contributed by atoms with van der Waals surface area (Å²) >= 11 is 0. The molecule has 1 unspecified atom stereocenters. The number of halogens is 1. The number of aryl methyl sites for hydroxylation is 1. The van der Waals surface area contributed by atoms with E-state index in [-0.39, 0.29) is 6.61 Å². The van der Waals surface area contributed by atoms with Crippen molar-refractivity contribution in [2.24, 2.45) is 5.92 Å². The van der Waals surface area contributed by atoms with Gasteiger partial charge in [0.25, 0.3) is 0 Å². The van der Waals surface area contributed by atoms with E-state index in [9.17, 15) is 14.3 Å². The lowest BCUT2D eigenvalue weighted by Gasteiger charge is -2.19. The number of ether oxygens (including phenoxy) is 2. The van der Waals surface area contributed by atoms with Gasteiger partial charge in [-0.25, -0.2) is 14.4 Å². The number of aromatic nitrogens is 2. The first kappa shape index (κ1) is 18.3. The van der Waals surface area contributed by atoms with Crippen molar-refractivity contribution in [1.82, 2.24) is 9.97 Å². The van der Waals surface area contributed by atoms with Crippen LogP contribution in [-0.4, -0.2) is 41.4 Å². The van der Waals surface area contributed by atoms with E-state index in [0.29, 0.717) is 42.3 Å². The molecule has 7 heteroatoms. The van der Waals surface area contributed by atoms with Gasteiger partial charge in [0.2, 0.25) is 0 Å². The van der Waals surface area contributed by atoms with E-state index < -0.39 is 23.1 Å². The van der Waals surface area contributed by atoms with Gasteiger partial charge in [0.1, 0.15) is 11.6 Å².